The summed E-state index contributed by atoms with van der Waals surface area (Å²) in [6, 6.07) is 0.346. The fraction of sp³-hybridized carbons (Fsp3) is 0.786. The molecule has 1 atom stereocenters. The van der Waals surface area contributed by atoms with Gasteiger partial charge in [-0.2, -0.15) is 0 Å². The summed E-state index contributed by atoms with van der Waals surface area (Å²) in [5, 5.41) is 12.8. The molecule has 2 aliphatic rings. The van der Waals surface area contributed by atoms with Gasteiger partial charge in [0.2, 0.25) is 0 Å². The highest BCUT2D eigenvalue weighted by molar-refractivity contribution is 5.89. The molecule has 1 aliphatic carbocycles. The molecule has 0 aromatic carbocycles. The van der Waals surface area contributed by atoms with Crippen LogP contribution >= 0.6 is 0 Å². The second-order valence-electron chi connectivity index (χ2n) is 5.16. The first-order valence-corrected chi connectivity index (χ1v) is 7.17. The van der Waals surface area contributed by atoms with E-state index in [9.17, 15) is 5.21 Å². The molecule has 1 heterocycles. The zero-order chi connectivity index (χ0) is 12.8. The van der Waals surface area contributed by atoms with E-state index in [0.717, 1.165) is 64.1 Å². The van der Waals surface area contributed by atoms with Crippen molar-refractivity contribution in [2.45, 2.75) is 38.6 Å². The highest BCUT2D eigenvalue weighted by Gasteiger charge is 2.27. The zero-order valence-electron chi connectivity index (χ0n) is 11.4. The first-order chi connectivity index (χ1) is 8.85. The molecule has 4 nitrogen and oxygen atoms in total. The summed E-state index contributed by atoms with van der Waals surface area (Å²) in [6.45, 7) is 7.84. The molecule has 102 valence electrons. The van der Waals surface area contributed by atoms with E-state index in [1.165, 1.54) is 0 Å². The molecule has 0 spiro atoms. The van der Waals surface area contributed by atoms with Gasteiger partial charge in [-0.05, 0) is 32.2 Å². The Hall–Kier alpha value is -0.870. The molecule has 1 saturated heterocycles. The predicted octanol–water partition coefficient (Wildman–Crippen LogP) is 1.95. The molecule has 18 heavy (non-hydrogen) atoms. The summed E-state index contributed by atoms with van der Waals surface area (Å²) in [7, 11) is 0. The number of hydrogen-bond donors (Lipinski definition) is 1. The van der Waals surface area contributed by atoms with Crippen molar-refractivity contribution in [3.05, 3.63) is 12.2 Å². The van der Waals surface area contributed by atoms with E-state index in [1.54, 1.807) is 0 Å². The van der Waals surface area contributed by atoms with Crippen molar-refractivity contribution in [3.8, 4) is 0 Å². The molecule has 1 aliphatic heterocycles. The van der Waals surface area contributed by atoms with Gasteiger partial charge >= 0.3 is 0 Å². The maximum Gasteiger partial charge on any atom is 0.0745 e. The molecule has 0 amide bonds. The number of nitrogens with zero attached hydrogens (tertiary/aromatic N) is 3. The monoisotopic (exact) mass is 251 g/mol. The molecular weight excluding hydrogens is 226 g/mol. The number of likely N-dealkylation sites (N-methyl/N-ethyl adjacent to an activating group) is 1. The van der Waals surface area contributed by atoms with Crippen LogP contribution in [0.5, 0.6) is 0 Å². The lowest BCUT2D eigenvalue weighted by Gasteiger charge is -2.39. The largest absolute Gasteiger partial charge is 0.411 e. The Kier molecular flexibility index (Phi) is 5.20. The standard InChI is InChI=1S/C14H25N3O/c1-2-16-9-11-17(12-10-16)14-8-6-4-3-5-7-13(14)15-18/h3-4,14,18H,2,5-12H2,1H3/b4-3-,15-13+. The summed E-state index contributed by atoms with van der Waals surface area (Å²) < 4.78 is 0. The van der Waals surface area contributed by atoms with E-state index in [0.29, 0.717) is 6.04 Å². The van der Waals surface area contributed by atoms with E-state index < -0.39 is 0 Å². The quantitative estimate of drug-likeness (QED) is 0.463. The summed E-state index contributed by atoms with van der Waals surface area (Å²) in [4.78, 5) is 4.98. The lowest BCUT2D eigenvalue weighted by molar-refractivity contribution is 0.116. The third-order valence-corrected chi connectivity index (χ3v) is 4.15. The van der Waals surface area contributed by atoms with Crippen molar-refractivity contribution < 1.29 is 5.21 Å². The first-order valence-electron chi connectivity index (χ1n) is 7.17. The Morgan fingerprint density at radius 3 is 2.61 bits per heavy atom. The molecular formula is C14H25N3O. The highest BCUT2D eigenvalue weighted by atomic mass is 16.4. The summed E-state index contributed by atoms with van der Waals surface area (Å²) in [5.74, 6) is 0. The van der Waals surface area contributed by atoms with E-state index in [-0.39, 0.29) is 0 Å². The van der Waals surface area contributed by atoms with Crippen LogP contribution in [-0.2, 0) is 0 Å². The van der Waals surface area contributed by atoms with Crippen LogP contribution in [0.3, 0.4) is 0 Å². The zero-order valence-corrected chi connectivity index (χ0v) is 11.4. The minimum absolute atomic E-state index is 0.346. The lowest BCUT2D eigenvalue weighted by atomic mass is 9.96. The molecule has 1 N–H and O–H groups in total. The number of rotatable bonds is 2. The Morgan fingerprint density at radius 1 is 1.22 bits per heavy atom. The van der Waals surface area contributed by atoms with Gasteiger partial charge < -0.3 is 10.1 Å². The maximum atomic E-state index is 9.23. The smallest absolute Gasteiger partial charge is 0.0745 e. The lowest BCUT2D eigenvalue weighted by Crippen LogP contribution is -2.52. The number of oxime groups is 1. The van der Waals surface area contributed by atoms with Crippen LogP contribution in [-0.4, -0.2) is 59.5 Å². The van der Waals surface area contributed by atoms with E-state index in [2.05, 4.69) is 34.0 Å². The highest BCUT2D eigenvalue weighted by Crippen LogP contribution is 2.18. The van der Waals surface area contributed by atoms with Gasteiger partial charge in [-0.25, -0.2) is 0 Å². The maximum absolute atomic E-state index is 9.23. The van der Waals surface area contributed by atoms with Gasteiger partial charge in [0.25, 0.3) is 0 Å². The van der Waals surface area contributed by atoms with Crippen LogP contribution in [0.1, 0.15) is 32.6 Å². The van der Waals surface area contributed by atoms with Crippen LogP contribution in [0.15, 0.2) is 17.3 Å². The third-order valence-electron chi connectivity index (χ3n) is 4.15. The molecule has 0 saturated carbocycles. The average molecular weight is 251 g/mol. The minimum atomic E-state index is 0.346. The Balaban J connectivity index is 1.98. The molecule has 2 rings (SSSR count). The number of piperazine rings is 1. The van der Waals surface area contributed by atoms with Crippen LogP contribution in [0, 0.1) is 0 Å². The molecule has 1 fully saturated rings. The van der Waals surface area contributed by atoms with Crippen LogP contribution in [0.4, 0.5) is 0 Å². The van der Waals surface area contributed by atoms with Gasteiger partial charge in [-0.1, -0.05) is 24.2 Å². The van der Waals surface area contributed by atoms with E-state index in [4.69, 9.17) is 0 Å². The van der Waals surface area contributed by atoms with Gasteiger partial charge in [0.1, 0.15) is 0 Å². The van der Waals surface area contributed by atoms with E-state index >= 15 is 0 Å². The molecule has 0 bridgehead atoms. The van der Waals surface area contributed by atoms with Crippen molar-refractivity contribution >= 4 is 5.71 Å². The van der Waals surface area contributed by atoms with Crippen LogP contribution in [0.25, 0.3) is 0 Å². The average Bonchev–Trinajstić information content (AvgIpc) is 2.39. The fourth-order valence-corrected chi connectivity index (χ4v) is 2.96. The van der Waals surface area contributed by atoms with Crippen molar-refractivity contribution in [2.75, 3.05) is 32.7 Å². The first kappa shape index (κ1) is 13.6. The molecule has 0 radical (unpaired) electrons. The molecule has 1 unspecified atom stereocenters. The van der Waals surface area contributed by atoms with Crippen molar-refractivity contribution in [1.29, 1.82) is 0 Å². The van der Waals surface area contributed by atoms with Crippen molar-refractivity contribution in [3.63, 3.8) is 0 Å². The summed E-state index contributed by atoms with van der Waals surface area (Å²) in [6.07, 6.45) is 8.55. The SMILES string of the molecule is CCN1CCN(C2CC/C=C\CC/C2=N\O)CC1. The van der Waals surface area contributed by atoms with Gasteiger partial charge in [0.05, 0.1) is 11.8 Å². The third kappa shape index (κ3) is 3.33. The number of hydrogen-bond acceptors (Lipinski definition) is 4. The van der Waals surface area contributed by atoms with Gasteiger partial charge in [0, 0.05) is 26.2 Å². The topological polar surface area (TPSA) is 39.1 Å². The minimum Gasteiger partial charge on any atom is -0.411 e. The second-order valence-corrected chi connectivity index (χ2v) is 5.16. The normalized spacial score (nSPS) is 32.1. The van der Waals surface area contributed by atoms with Crippen LogP contribution in [0.2, 0.25) is 0 Å². The predicted molar refractivity (Wildman–Crippen MR) is 74.3 cm³/mol. The summed E-state index contributed by atoms with van der Waals surface area (Å²) >= 11 is 0. The van der Waals surface area contributed by atoms with Crippen LogP contribution < -0.4 is 0 Å². The van der Waals surface area contributed by atoms with Gasteiger partial charge in [-0.3, -0.25) is 4.90 Å². The Morgan fingerprint density at radius 2 is 1.94 bits per heavy atom. The van der Waals surface area contributed by atoms with Gasteiger partial charge in [-0.15, -0.1) is 0 Å². The Bertz CT molecular complexity index is 306. The molecule has 4 heteroatoms. The fourth-order valence-electron chi connectivity index (χ4n) is 2.96. The summed E-state index contributed by atoms with van der Waals surface area (Å²) in [5.41, 5.74) is 0.976. The number of allylic oxidation sites excluding steroid dienone is 2. The second kappa shape index (κ2) is 6.90. The van der Waals surface area contributed by atoms with Crippen molar-refractivity contribution in [1.82, 2.24) is 9.80 Å². The van der Waals surface area contributed by atoms with E-state index in [1.807, 2.05) is 0 Å². The van der Waals surface area contributed by atoms with Crippen molar-refractivity contribution in [2.24, 2.45) is 5.16 Å². The molecule has 0 aromatic rings. The Labute approximate surface area is 110 Å². The van der Waals surface area contributed by atoms with Gasteiger partial charge in [0.15, 0.2) is 0 Å². The molecule has 0 aromatic heterocycles.